The van der Waals surface area contributed by atoms with Gasteiger partial charge in [0.2, 0.25) is 0 Å². The molecule has 1 aromatic rings. The van der Waals surface area contributed by atoms with Crippen molar-refractivity contribution in [2.45, 2.75) is 39.0 Å². The number of rotatable bonds is 7. The average Bonchev–Trinajstić information content (AvgIpc) is 3.02. The van der Waals surface area contributed by atoms with Gasteiger partial charge in [-0.05, 0) is 19.8 Å². The Balaban J connectivity index is 1.68. The molecule has 1 fully saturated rings. The maximum atomic E-state index is 5.37. The number of hydrogen-bond acceptors (Lipinski definition) is 4. The van der Waals surface area contributed by atoms with Crippen LogP contribution in [0.2, 0.25) is 0 Å². The lowest BCUT2D eigenvalue weighted by Gasteiger charge is -1.96. The molecule has 2 rings (SSSR count). The Morgan fingerprint density at radius 3 is 3.25 bits per heavy atom. The SMILES string of the molecule is CC=CCOCc1cc(CNC2CC2)no1. The minimum atomic E-state index is 0.487. The third-order valence-electron chi connectivity index (χ3n) is 2.45. The van der Waals surface area contributed by atoms with Gasteiger partial charge in [0, 0.05) is 18.7 Å². The zero-order chi connectivity index (χ0) is 11.2. The van der Waals surface area contributed by atoms with Crippen LogP contribution in [0.3, 0.4) is 0 Å². The summed E-state index contributed by atoms with van der Waals surface area (Å²) in [6.45, 7) is 3.87. The summed E-state index contributed by atoms with van der Waals surface area (Å²) in [7, 11) is 0. The third-order valence-corrected chi connectivity index (χ3v) is 2.45. The van der Waals surface area contributed by atoms with Gasteiger partial charge in [0.15, 0.2) is 5.76 Å². The van der Waals surface area contributed by atoms with Crippen LogP contribution in [-0.2, 0) is 17.9 Å². The first-order valence-electron chi connectivity index (χ1n) is 5.75. The molecule has 1 heterocycles. The fourth-order valence-corrected chi connectivity index (χ4v) is 1.37. The zero-order valence-corrected chi connectivity index (χ0v) is 9.61. The molecule has 4 heteroatoms. The van der Waals surface area contributed by atoms with E-state index in [1.165, 1.54) is 12.8 Å². The largest absolute Gasteiger partial charge is 0.369 e. The van der Waals surface area contributed by atoms with Crippen molar-refractivity contribution in [1.82, 2.24) is 10.5 Å². The molecule has 1 saturated carbocycles. The van der Waals surface area contributed by atoms with Crippen molar-refractivity contribution in [3.63, 3.8) is 0 Å². The maximum absolute atomic E-state index is 5.37. The van der Waals surface area contributed by atoms with Crippen LogP contribution >= 0.6 is 0 Å². The van der Waals surface area contributed by atoms with Crippen LogP contribution in [-0.4, -0.2) is 17.8 Å². The van der Waals surface area contributed by atoms with Gasteiger partial charge < -0.3 is 14.6 Å². The predicted octanol–water partition coefficient (Wildman–Crippen LogP) is 2.02. The first-order chi connectivity index (χ1) is 7.88. The van der Waals surface area contributed by atoms with Crippen molar-refractivity contribution in [1.29, 1.82) is 0 Å². The van der Waals surface area contributed by atoms with Crippen molar-refractivity contribution in [2.75, 3.05) is 6.61 Å². The smallest absolute Gasteiger partial charge is 0.162 e. The van der Waals surface area contributed by atoms with Crippen LogP contribution < -0.4 is 5.32 Å². The molecule has 0 spiro atoms. The quantitative estimate of drug-likeness (QED) is 0.566. The minimum absolute atomic E-state index is 0.487. The number of aromatic nitrogens is 1. The second-order valence-corrected chi connectivity index (χ2v) is 4.02. The van der Waals surface area contributed by atoms with Crippen LogP contribution in [0.25, 0.3) is 0 Å². The van der Waals surface area contributed by atoms with Gasteiger partial charge in [0.1, 0.15) is 6.61 Å². The van der Waals surface area contributed by atoms with E-state index in [-0.39, 0.29) is 0 Å². The summed E-state index contributed by atoms with van der Waals surface area (Å²) in [5.74, 6) is 0.789. The predicted molar refractivity (Wildman–Crippen MR) is 60.8 cm³/mol. The van der Waals surface area contributed by atoms with Gasteiger partial charge >= 0.3 is 0 Å². The first-order valence-corrected chi connectivity index (χ1v) is 5.75. The van der Waals surface area contributed by atoms with Gasteiger partial charge in [-0.15, -0.1) is 0 Å². The van der Waals surface area contributed by atoms with Crippen molar-refractivity contribution in [3.05, 3.63) is 29.7 Å². The highest BCUT2D eigenvalue weighted by Gasteiger charge is 2.20. The Hall–Kier alpha value is -1.13. The maximum Gasteiger partial charge on any atom is 0.162 e. The molecule has 88 valence electrons. The highest BCUT2D eigenvalue weighted by atomic mass is 16.5. The molecule has 0 saturated heterocycles. The summed E-state index contributed by atoms with van der Waals surface area (Å²) in [6, 6.07) is 2.65. The van der Waals surface area contributed by atoms with Gasteiger partial charge in [0.25, 0.3) is 0 Å². The summed E-state index contributed by atoms with van der Waals surface area (Å²) < 4.78 is 10.5. The molecule has 0 unspecified atom stereocenters. The van der Waals surface area contributed by atoms with E-state index in [4.69, 9.17) is 9.26 Å². The van der Waals surface area contributed by atoms with E-state index in [1.54, 1.807) is 0 Å². The highest BCUT2D eigenvalue weighted by Crippen LogP contribution is 2.19. The molecule has 1 aliphatic rings. The molecule has 0 radical (unpaired) electrons. The molecular weight excluding hydrogens is 204 g/mol. The summed E-state index contributed by atoms with van der Waals surface area (Å²) in [4.78, 5) is 0. The summed E-state index contributed by atoms with van der Waals surface area (Å²) >= 11 is 0. The van der Waals surface area contributed by atoms with E-state index in [9.17, 15) is 0 Å². The van der Waals surface area contributed by atoms with Crippen molar-refractivity contribution in [3.8, 4) is 0 Å². The number of hydrogen-bond donors (Lipinski definition) is 1. The van der Waals surface area contributed by atoms with Crippen molar-refractivity contribution >= 4 is 0 Å². The van der Waals surface area contributed by atoms with Crippen LogP contribution in [0.4, 0.5) is 0 Å². The zero-order valence-electron chi connectivity index (χ0n) is 9.61. The van der Waals surface area contributed by atoms with E-state index in [1.807, 2.05) is 25.1 Å². The monoisotopic (exact) mass is 222 g/mol. The molecule has 0 amide bonds. The van der Waals surface area contributed by atoms with Crippen LogP contribution in [0.5, 0.6) is 0 Å². The minimum Gasteiger partial charge on any atom is -0.369 e. The molecule has 4 nitrogen and oxygen atoms in total. The Morgan fingerprint density at radius 1 is 1.62 bits per heavy atom. The topological polar surface area (TPSA) is 47.3 Å². The molecule has 0 bridgehead atoms. The third kappa shape index (κ3) is 3.79. The van der Waals surface area contributed by atoms with Gasteiger partial charge in [-0.3, -0.25) is 0 Å². The lowest BCUT2D eigenvalue weighted by molar-refractivity contribution is 0.125. The van der Waals surface area contributed by atoms with Crippen molar-refractivity contribution < 1.29 is 9.26 Å². The molecular formula is C12H18N2O2. The molecule has 0 aromatic carbocycles. The van der Waals surface area contributed by atoms with E-state index >= 15 is 0 Å². The van der Waals surface area contributed by atoms with Gasteiger partial charge in [-0.2, -0.15) is 0 Å². The number of nitrogens with zero attached hydrogens (tertiary/aromatic N) is 1. The highest BCUT2D eigenvalue weighted by molar-refractivity contribution is 5.05. The standard InChI is InChI=1S/C12H18N2O2/c1-2-3-6-15-9-12-7-11(14-16-12)8-13-10-4-5-10/h2-3,7,10,13H,4-6,8-9H2,1H3. The van der Waals surface area contributed by atoms with E-state index in [0.29, 0.717) is 19.3 Å². The van der Waals surface area contributed by atoms with Crippen molar-refractivity contribution in [2.24, 2.45) is 0 Å². The molecule has 0 atom stereocenters. The summed E-state index contributed by atoms with van der Waals surface area (Å²) in [6.07, 6.45) is 6.51. The van der Waals surface area contributed by atoms with Gasteiger partial charge in [0.05, 0.1) is 12.3 Å². The second-order valence-electron chi connectivity index (χ2n) is 4.02. The van der Waals surface area contributed by atoms with Gasteiger partial charge in [-0.25, -0.2) is 0 Å². The molecule has 1 aromatic heterocycles. The Morgan fingerprint density at radius 2 is 2.50 bits per heavy atom. The molecule has 1 aliphatic carbocycles. The van der Waals surface area contributed by atoms with Crippen LogP contribution in [0.15, 0.2) is 22.7 Å². The van der Waals surface area contributed by atoms with Crippen LogP contribution in [0, 0.1) is 0 Å². The number of allylic oxidation sites excluding steroid dienone is 1. The number of ether oxygens (including phenoxy) is 1. The Labute approximate surface area is 95.6 Å². The lowest BCUT2D eigenvalue weighted by Crippen LogP contribution is -2.15. The van der Waals surface area contributed by atoms with Gasteiger partial charge in [-0.1, -0.05) is 17.3 Å². The Kier molecular flexibility index (Phi) is 4.13. The molecule has 0 aliphatic heterocycles. The summed E-state index contributed by atoms with van der Waals surface area (Å²) in [5.41, 5.74) is 0.955. The van der Waals surface area contributed by atoms with E-state index < -0.39 is 0 Å². The lowest BCUT2D eigenvalue weighted by atomic mass is 10.3. The fourth-order valence-electron chi connectivity index (χ4n) is 1.37. The fraction of sp³-hybridized carbons (Fsp3) is 0.583. The average molecular weight is 222 g/mol. The van der Waals surface area contributed by atoms with Crippen LogP contribution in [0.1, 0.15) is 31.2 Å². The second kappa shape index (κ2) is 5.82. The Bertz CT molecular complexity index is 343. The van der Waals surface area contributed by atoms with E-state index in [2.05, 4.69) is 10.5 Å². The summed E-state index contributed by atoms with van der Waals surface area (Å²) in [5, 5.41) is 7.37. The van der Waals surface area contributed by atoms with E-state index in [0.717, 1.165) is 18.0 Å². The first kappa shape index (κ1) is 11.4. The normalized spacial score (nSPS) is 16.1. The molecule has 1 N–H and O–H groups in total. The number of nitrogens with one attached hydrogen (secondary N) is 1. The molecule has 16 heavy (non-hydrogen) atoms.